The lowest BCUT2D eigenvalue weighted by molar-refractivity contribution is 0.592. The molecule has 0 fully saturated rings. The lowest BCUT2D eigenvalue weighted by Crippen LogP contribution is -1.95. The number of pyridine rings is 1. The Labute approximate surface area is 123 Å². The molecule has 0 aliphatic carbocycles. The number of hydrogen-bond acceptors (Lipinski definition) is 5. The molecule has 0 radical (unpaired) electrons. The van der Waals surface area contributed by atoms with E-state index in [1.165, 1.54) is 0 Å². The molecular weight excluding hydrogens is 264 g/mol. The largest absolute Gasteiger partial charge is 0.423 e. The van der Waals surface area contributed by atoms with Crippen molar-refractivity contribution in [2.45, 2.75) is 6.92 Å². The fourth-order valence-corrected chi connectivity index (χ4v) is 2.01. The Hall–Kier alpha value is -2.82. The van der Waals surface area contributed by atoms with Gasteiger partial charge in [0.1, 0.15) is 0 Å². The Morgan fingerprint density at radius 3 is 2.67 bits per heavy atom. The predicted molar refractivity (Wildman–Crippen MR) is 83.7 cm³/mol. The molecule has 1 aromatic carbocycles. The molecule has 2 heterocycles. The van der Waals surface area contributed by atoms with E-state index in [1.54, 1.807) is 18.6 Å². The molecule has 0 bridgehead atoms. The summed E-state index contributed by atoms with van der Waals surface area (Å²) in [5.74, 6) is 0.710. The van der Waals surface area contributed by atoms with Crippen LogP contribution in [0.25, 0.3) is 11.3 Å². The van der Waals surface area contributed by atoms with Crippen molar-refractivity contribution in [1.82, 2.24) is 9.97 Å². The average molecular weight is 280 g/mol. The molecule has 5 nitrogen and oxygen atoms in total. The summed E-state index contributed by atoms with van der Waals surface area (Å²) in [5, 5.41) is 6.32. The van der Waals surface area contributed by atoms with Crippen LogP contribution in [-0.2, 0) is 0 Å². The number of nitrogens with one attached hydrogen (secondary N) is 2. The summed E-state index contributed by atoms with van der Waals surface area (Å²) in [6.07, 6.45) is 5.16. The molecule has 5 heteroatoms. The van der Waals surface area contributed by atoms with Crippen LogP contribution in [0.2, 0.25) is 0 Å². The van der Waals surface area contributed by atoms with Gasteiger partial charge in [-0.05, 0) is 36.8 Å². The summed E-state index contributed by atoms with van der Waals surface area (Å²) in [4.78, 5) is 8.26. The predicted octanol–water partition coefficient (Wildman–Crippen LogP) is 3.83. The van der Waals surface area contributed by atoms with Gasteiger partial charge < -0.3 is 15.1 Å². The maximum absolute atomic E-state index is 5.73. The minimum Gasteiger partial charge on any atom is -0.423 e. The van der Waals surface area contributed by atoms with Crippen molar-refractivity contribution in [2.75, 3.05) is 17.7 Å². The van der Waals surface area contributed by atoms with Crippen LogP contribution in [0.5, 0.6) is 0 Å². The maximum atomic E-state index is 5.73. The highest BCUT2D eigenvalue weighted by Gasteiger charge is 2.08. The molecule has 0 aliphatic rings. The molecule has 0 spiro atoms. The standard InChI is InChI=1S/C16H16N4O/c1-11-3-4-13(17-2)9-14(11)20-16-19-10-15(21-16)12-5-7-18-8-6-12/h3-10,17H,1-2H3,(H,19,20). The number of rotatable bonds is 4. The van der Waals surface area contributed by atoms with Gasteiger partial charge in [-0.3, -0.25) is 4.98 Å². The van der Waals surface area contributed by atoms with Crippen LogP contribution >= 0.6 is 0 Å². The molecule has 3 rings (SSSR count). The van der Waals surface area contributed by atoms with Gasteiger partial charge in [-0.2, -0.15) is 0 Å². The Balaban J connectivity index is 1.85. The molecule has 3 aromatic rings. The first-order valence-corrected chi connectivity index (χ1v) is 6.68. The molecule has 0 aliphatic heterocycles. The number of benzene rings is 1. The van der Waals surface area contributed by atoms with Crippen LogP contribution in [0, 0.1) is 6.92 Å². The van der Waals surface area contributed by atoms with Gasteiger partial charge in [0.05, 0.1) is 6.20 Å². The lowest BCUT2D eigenvalue weighted by atomic mass is 10.2. The second-order valence-corrected chi connectivity index (χ2v) is 4.67. The van der Waals surface area contributed by atoms with E-state index in [0.29, 0.717) is 11.8 Å². The van der Waals surface area contributed by atoms with Crippen LogP contribution < -0.4 is 10.6 Å². The second-order valence-electron chi connectivity index (χ2n) is 4.67. The van der Waals surface area contributed by atoms with Crippen molar-refractivity contribution in [3.05, 3.63) is 54.5 Å². The molecule has 0 saturated heterocycles. The van der Waals surface area contributed by atoms with Crippen LogP contribution in [0.4, 0.5) is 17.4 Å². The van der Waals surface area contributed by atoms with Crippen molar-refractivity contribution in [1.29, 1.82) is 0 Å². The summed E-state index contributed by atoms with van der Waals surface area (Å²) >= 11 is 0. The fourth-order valence-electron chi connectivity index (χ4n) is 2.01. The first-order valence-electron chi connectivity index (χ1n) is 6.68. The second kappa shape index (κ2) is 5.66. The highest BCUT2D eigenvalue weighted by atomic mass is 16.4. The molecule has 0 amide bonds. The van der Waals surface area contributed by atoms with Gasteiger partial charge >= 0.3 is 0 Å². The zero-order valence-corrected chi connectivity index (χ0v) is 11.9. The van der Waals surface area contributed by atoms with Gasteiger partial charge in [0.15, 0.2) is 5.76 Å². The van der Waals surface area contributed by atoms with Gasteiger partial charge in [0.25, 0.3) is 6.01 Å². The smallest absolute Gasteiger partial charge is 0.299 e. The monoisotopic (exact) mass is 280 g/mol. The topological polar surface area (TPSA) is 63.0 Å². The van der Waals surface area contributed by atoms with Gasteiger partial charge in [-0.25, -0.2) is 4.98 Å². The number of aromatic nitrogens is 2. The van der Waals surface area contributed by atoms with E-state index in [-0.39, 0.29) is 0 Å². The first-order chi connectivity index (χ1) is 10.3. The number of hydrogen-bond donors (Lipinski definition) is 2. The van der Waals surface area contributed by atoms with Crippen LogP contribution in [-0.4, -0.2) is 17.0 Å². The Morgan fingerprint density at radius 2 is 1.90 bits per heavy atom. The van der Waals surface area contributed by atoms with Crippen LogP contribution in [0.15, 0.2) is 53.3 Å². The third-order valence-corrected chi connectivity index (χ3v) is 3.24. The van der Waals surface area contributed by atoms with Crippen LogP contribution in [0.1, 0.15) is 5.56 Å². The quantitative estimate of drug-likeness (QED) is 0.760. The third-order valence-electron chi connectivity index (χ3n) is 3.24. The van der Waals surface area contributed by atoms with E-state index in [2.05, 4.69) is 20.6 Å². The summed E-state index contributed by atoms with van der Waals surface area (Å²) in [6.45, 7) is 2.04. The number of nitrogens with zero attached hydrogens (tertiary/aromatic N) is 2. The lowest BCUT2D eigenvalue weighted by Gasteiger charge is -2.08. The molecule has 106 valence electrons. The first kappa shape index (κ1) is 13.2. The van der Waals surface area contributed by atoms with E-state index >= 15 is 0 Å². The summed E-state index contributed by atoms with van der Waals surface area (Å²) in [5.41, 5.74) is 4.07. The average Bonchev–Trinajstić information content (AvgIpc) is 2.99. The van der Waals surface area contributed by atoms with E-state index in [1.807, 2.05) is 44.3 Å². The normalized spacial score (nSPS) is 10.4. The molecular formula is C16H16N4O. The van der Waals surface area contributed by atoms with E-state index in [9.17, 15) is 0 Å². The molecule has 0 saturated carbocycles. The van der Waals surface area contributed by atoms with Gasteiger partial charge in [-0.15, -0.1) is 0 Å². The SMILES string of the molecule is CNc1ccc(C)c(Nc2ncc(-c3ccncc3)o2)c1. The van der Waals surface area contributed by atoms with E-state index in [0.717, 1.165) is 22.5 Å². The molecule has 21 heavy (non-hydrogen) atoms. The van der Waals surface area contributed by atoms with Crippen molar-refractivity contribution in [2.24, 2.45) is 0 Å². The maximum Gasteiger partial charge on any atom is 0.299 e. The highest BCUT2D eigenvalue weighted by molar-refractivity contribution is 5.65. The number of aryl methyl sites for hydroxylation is 1. The molecule has 2 aromatic heterocycles. The highest BCUT2D eigenvalue weighted by Crippen LogP contribution is 2.26. The minimum absolute atomic E-state index is 0.471. The van der Waals surface area contributed by atoms with Gasteiger partial charge in [-0.1, -0.05) is 6.07 Å². The Bertz CT molecular complexity index is 737. The Kier molecular flexibility index (Phi) is 3.55. The minimum atomic E-state index is 0.471. The van der Waals surface area contributed by atoms with Crippen molar-refractivity contribution >= 4 is 17.4 Å². The van der Waals surface area contributed by atoms with E-state index in [4.69, 9.17) is 4.42 Å². The number of oxazole rings is 1. The molecule has 2 N–H and O–H groups in total. The van der Waals surface area contributed by atoms with E-state index < -0.39 is 0 Å². The van der Waals surface area contributed by atoms with Crippen LogP contribution in [0.3, 0.4) is 0 Å². The van der Waals surface area contributed by atoms with Crippen molar-refractivity contribution in [3.63, 3.8) is 0 Å². The Morgan fingerprint density at radius 1 is 1.10 bits per heavy atom. The molecule has 0 atom stereocenters. The number of anilines is 3. The zero-order chi connectivity index (χ0) is 14.7. The van der Waals surface area contributed by atoms with Gasteiger partial charge in [0.2, 0.25) is 0 Å². The summed E-state index contributed by atoms with van der Waals surface area (Å²) < 4.78 is 5.73. The fraction of sp³-hybridized carbons (Fsp3) is 0.125. The summed E-state index contributed by atoms with van der Waals surface area (Å²) in [6, 6.07) is 10.3. The third kappa shape index (κ3) is 2.86. The summed E-state index contributed by atoms with van der Waals surface area (Å²) in [7, 11) is 1.89. The van der Waals surface area contributed by atoms with Crippen molar-refractivity contribution < 1.29 is 4.42 Å². The van der Waals surface area contributed by atoms with Gasteiger partial charge in [0, 0.05) is 36.4 Å². The zero-order valence-electron chi connectivity index (χ0n) is 11.9. The molecule has 0 unspecified atom stereocenters. The van der Waals surface area contributed by atoms with Crippen molar-refractivity contribution in [3.8, 4) is 11.3 Å².